The Morgan fingerprint density at radius 1 is 1.62 bits per heavy atom. The number of hydrogen-bond donors (Lipinski definition) is 0. The van der Waals surface area contributed by atoms with E-state index < -0.39 is 4.92 Å². The second-order valence-corrected chi connectivity index (χ2v) is 4.52. The van der Waals surface area contributed by atoms with E-state index in [2.05, 4.69) is 15.9 Å². The molecule has 0 saturated heterocycles. The molecule has 6 heteroatoms. The quantitative estimate of drug-likeness (QED) is 0.474. The lowest BCUT2D eigenvalue weighted by Crippen LogP contribution is -2.10. The van der Waals surface area contributed by atoms with E-state index in [0.29, 0.717) is 11.6 Å². The summed E-state index contributed by atoms with van der Waals surface area (Å²) >= 11 is 9.07. The molecule has 0 heterocycles. The van der Waals surface area contributed by atoms with Gasteiger partial charge in [0.15, 0.2) is 5.75 Å². The van der Waals surface area contributed by atoms with Crippen LogP contribution in [0.15, 0.2) is 18.2 Å². The fourth-order valence-electron chi connectivity index (χ4n) is 1.03. The van der Waals surface area contributed by atoms with Gasteiger partial charge in [0.25, 0.3) is 0 Å². The van der Waals surface area contributed by atoms with Gasteiger partial charge in [-0.05, 0) is 12.0 Å². The largest absolute Gasteiger partial charge is 0.486 e. The highest BCUT2D eigenvalue weighted by atomic mass is 79.9. The lowest BCUT2D eigenvalue weighted by molar-refractivity contribution is -0.385. The molecule has 4 nitrogen and oxygen atoms in total. The van der Waals surface area contributed by atoms with Crippen LogP contribution < -0.4 is 4.74 Å². The zero-order chi connectivity index (χ0) is 12.1. The lowest BCUT2D eigenvalue weighted by Gasteiger charge is -2.10. The normalized spacial score (nSPS) is 12.2. The smallest absolute Gasteiger partial charge is 0.311 e. The van der Waals surface area contributed by atoms with E-state index in [0.717, 1.165) is 5.33 Å². The Bertz CT molecular complexity index is 386. The van der Waals surface area contributed by atoms with E-state index >= 15 is 0 Å². The molecule has 0 saturated carbocycles. The highest BCUT2D eigenvalue weighted by molar-refractivity contribution is 9.09. The third-order valence-corrected chi connectivity index (χ3v) is 3.25. The maximum absolute atomic E-state index is 10.7. The first-order chi connectivity index (χ1) is 7.54. The fraction of sp³-hybridized carbons (Fsp3) is 0.400. The van der Waals surface area contributed by atoms with E-state index in [1.54, 1.807) is 0 Å². The van der Waals surface area contributed by atoms with Crippen molar-refractivity contribution in [3.63, 3.8) is 0 Å². The second-order valence-electron chi connectivity index (χ2n) is 3.44. The summed E-state index contributed by atoms with van der Waals surface area (Å²) in [5.41, 5.74) is -0.0637. The predicted molar refractivity (Wildman–Crippen MR) is 66.6 cm³/mol. The van der Waals surface area contributed by atoms with Gasteiger partial charge in [-0.3, -0.25) is 10.1 Å². The number of nitro groups is 1. The zero-order valence-corrected chi connectivity index (χ0v) is 11.0. The molecule has 0 fully saturated rings. The summed E-state index contributed by atoms with van der Waals surface area (Å²) in [5, 5.41) is 11.9. The minimum Gasteiger partial charge on any atom is -0.486 e. The van der Waals surface area contributed by atoms with Crippen molar-refractivity contribution in [3.05, 3.63) is 33.3 Å². The maximum Gasteiger partial charge on any atom is 0.311 e. The summed E-state index contributed by atoms with van der Waals surface area (Å²) in [6, 6.07) is 4.28. The molecular formula is C10H11BrClNO3. The van der Waals surface area contributed by atoms with E-state index in [-0.39, 0.29) is 17.4 Å². The molecule has 0 aliphatic rings. The summed E-state index contributed by atoms with van der Waals surface area (Å²) < 4.78 is 5.38. The van der Waals surface area contributed by atoms with Crippen molar-refractivity contribution >= 4 is 33.2 Å². The van der Waals surface area contributed by atoms with Crippen molar-refractivity contribution in [2.45, 2.75) is 6.92 Å². The van der Waals surface area contributed by atoms with Gasteiger partial charge in [0, 0.05) is 22.5 Å². The molecule has 1 atom stereocenters. The average molecular weight is 309 g/mol. The number of hydrogen-bond acceptors (Lipinski definition) is 3. The van der Waals surface area contributed by atoms with Crippen molar-refractivity contribution in [1.82, 2.24) is 0 Å². The van der Waals surface area contributed by atoms with Crippen LogP contribution in [-0.4, -0.2) is 16.9 Å². The summed E-state index contributed by atoms with van der Waals surface area (Å²) in [4.78, 5) is 10.2. The van der Waals surface area contributed by atoms with Crippen molar-refractivity contribution < 1.29 is 9.66 Å². The Labute approximate surface area is 107 Å². The second kappa shape index (κ2) is 6.06. The molecule has 0 bridgehead atoms. The molecule has 0 aromatic heterocycles. The average Bonchev–Trinajstić information content (AvgIpc) is 2.25. The first-order valence-corrected chi connectivity index (χ1v) is 6.17. The monoisotopic (exact) mass is 307 g/mol. The van der Waals surface area contributed by atoms with Crippen LogP contribution in [-0.2, 0) is 0 Å². The van der Waals surface area contributed by atoms with Gasteiger partial charge in [0.05, 0.1) is 11.5 Å². The SMILES string of the molecule is CC(CBr)COc1cc(Cl)ccc1[N+](=O)[O-]. The fourth-order valence-corrected chi connectivity index (χ4v) is 1.38. The van der Waals surface area contributed by atoms with Crippen molar-refractivity contribution in [2.24, 2.45) is 5.92 Å². The van der Waals surface area contributed by atoms with E-state index in [1.165, 1.54) is 18.2 Å². The molecule has 16 heavy (non-hydrogen) atoms. The summed E-state index contributed by atoms with van der Waals surface area (Å²) in [6.45, 7) is 2.39. The van der Waals surface area contributed by atoms with Gasteiger partial charge in [-0.15, -0.1) is 0 Å². The number of rotatable bonds is 5. The molecule has 1 rings (SSSR count). The third kappa shape index (κ3) is 3.64. The molecule has 0 spiro atoms. The van der Waals surface area contributed by atoms with Gasteiger partial charge in [-0.25, -0.2) is 0 Å². The Balaban J connectivity index is 2.84. The lowest BCUT2D eigenvalue weighted by atomic mass is 10.2. The molecule has 1 unspecified atom stereocenters. The Morgan fingerprint density at radius 3 is 2.88 bits per heavy atom. The Morgan fingerprint density at radius 2 is 2.31 bits per heavy atom. The van der Waals surface area contributed by atoms with Crippen LogP contribution in [0, 0.1) is 16.0 Å². The number of nitrogens with zero attached hydrogens (tertiary/aromatic N) is 1. The number of halogens is 2. The van der Waals surface area contributed by atoms with E-state index in [4.69, 9.17) is 16.3 Å². The van der Waals surface area contributed by atoms with Gasteiger partial charge in [0.2, 0.25) is 0 Å². The predicted octanol–water partition coefficient (Wildman–Crippen LogP) is 3.66. The molecule has 1 aromatic carbocycles. The summed E-state index contributed by atoms with van der Waals surface area (Å²) in [5.74, 6) is 0.490. The first-order valence-electron chi connectivity index (χ1n) is 4.67. The third-order valence-electron chi connectivity index (χ3n) is 1.91. The van der Waals surface area contributed by atoms with Crippen LogP contribution in [0.5, 0.6) is 5.75 Å². The molecule has 0 N–H and O–H groups in total. The van der Waals surface area contributed by atoms with Gasteiger partial charge in [-0.1, -0.05) is 34.5 Å². The Hall–Kier alpha value is -0.810. The van der Waals surface area contributed by atoms with E-state index in [1.807, 2.05) is 6.92 Å². The highest BCUT2D eigenvalue weighted by Crippen LogP contribution is 2.30. The molecule has 0 aliphatic heterocycles. The van der Waals surface area contributed by atoms with E-state index in [9.17, 15) is 10.1 Å². The molecule has 0 aliphatic carbocycles. The maximum atomic E-state index is 10.7. The minimum atomic E-state index is -0.482. The number of nitro benzene ring substituents is 1. The van der Waals surface area contributed by atoms with Crippen molar-refractivity contribution in [3.8, 4) is 5.75 Å². The summed E-state index contributed by atoms with van der Waals surface area (Å²) in [6.07, 6.45) is 0. The van der Waals surface area contributed by atoms with Crippen molar-refractivity contribution in [2.75, 3.05) is 11.9 Å². The van der Waals surface area contributed by atoms with Gasteiger partial charge in [-0.2, -0.15) is 0 Å². The first kappa shape index (κ1) is 13.3. The standard InChI is InChI=1S/C10H11BrClNO3/c1-7(5-11)6-16-10-4-8(12)2-3-9(10)13(14)15/h2-4,7H,5-6H2,1H3. The Kier molecular flexibility index (Phi) is 5.02. The topological polar surface area (TPSA) is 52.4 Å². The zero-order valence-electron chi connectivity index (χ0n) is 8.65. The molecule has 0 radical (unpaired) electrons. The molecule has 0 amide bonds. The van der Waals surface area contributed by atoms with Gasteiger partial charge >= 0.3 is 5.69 Å². The number of benzene rings is 1. The van der Waals surface area contributed by atoms with Crippen LogP contribution in [0.4, 0.5) is 5.69 Å². The van der Waals surface area contributed by atoms with Crippen LogP contribution in [0.25, 0.3) is 0 Å². The van der Waals surface area contributed by atoms with Gasteiger partial charge < -0.3 is 4.74 Å². The van der Waals surface area contributed by atoms with Crippen molar-refractivity contribution in [1.29, 1.82) is 0 Å². The number of alkyl halides is 1. The summed E-state index contributed by atoms with van der Waals surface area (Å²) in [7, 11) is 0. The highest BCUT2D eigenvalue weighted by Gasteiger charge is 2.15. The molecular weight excluding hydrogens is 297 g/mol. The molecule has 1 aromatic rings. The van der Waals surface area contributed by atoms with Crippen LogP contribution >= 0.6 is 27.5 Å². The van der Waals surface area contributed by atoms with Crippen LogP contribution in [0.3, 0.4) is 0 Å². The van der Waals surface area contributed by atoms with Crippen LogP contribution in [0.1, 0.15) is 6.92 Å². The van der Waals surface area contributed by atoms with Gasteiger partial charge in [0.1, 0.15) is 0 Å². The van der Waals surface area contributed by atoms with Crippen LogP contribution in [0.2, 0.25) is 5.02 Å². The minimum absolute atomic E-state index is 0.0637. The molecule has 88 valence electrons. The number of ether oxygens (including phenoxy) is 1.